The number of fused-ring (bicyclic) bond motifs is 1. The first-order chi connectivity index (χ1) is 11.2. The molecule has 118 valence electrons. The fourth-order valence-corrected chi connectivity index (χ4v) is 3.09. The van der Waals surface area contributed by atoms with Crippen LogP contribution in [0, 0.1) is 6.92 Å². The van der Waals surface area contributed by atoms with E-state index in [1.54, 1.807) is 0 Å². The van der Waals surface area contributed by atoms with E-state index in [0.717, 1.165) is 41.9 Å². The summed E-state index contributed by atoms with van der Waals surface area (Å²) in [5.41, 5.74) is 2.42. The van der Waals surface area contributed by atoms with Crippen molar-refractivity contribution in [2.45, 2.75) is 32.4 Å². The van der Waals surface area contributed by atoms with Crippen molar-refractivity contribution in [3.63, 3.8) is 0 Å². The Kier molecular flexibility index (Phi) is 3.33. The Morgan fingerprint density at radius 1 is 1.30 bits per heavy atom. The predicted octanol–water partition coefficient (Wildman–Crippen LogP) is 2.09. The minimum atomic E-state index is -0.0336. The van der Waals surface area contributed by atoms with Gasteiger partial charge in [0.2, 0.25) is 5.91 Å². The van der Waals surface area contributed by atoms with Gasteiger partial charge in [0, 0.05) is 12.6 Å². The van der Waals surface area contributed by atoms with Crippen molar-refractivity contribution < 1.29 is 9.32 Å². The maximum absolute atomic E-state index is 12.6. The molecule has 0 spiro atoms. The van der Waals surface area contributed by atoms with Gasteiger partial charge in [-0.1, -0.05) is 17.3 Å². The van der Waals surface area contributed by atoms with Crippen LogP contribution in [-0.4, -0.2) is 37.5 Å². The molecule has 0 N–H and O–H groups in total. The SMILES string of the molecule is Cc1cc(C2CCCN2C(=O)Cn2nc3ccccc3n2)on1. The first kappa shape index (κ1) is 13.9. The third-order valence-corrected chi connectivity index (χ3v) is 4.15. The molecular formula is C16H17N5O2. The van der Waals surface area contributed by atoms with Crippen LogP contribution in [0.4, 0.5) is 0 Å². The van der Waals surface area contributed by atoms with Gasteiger partial charge in [-0.2, -0.15) is 15.0 Å². The van der Waals surface area contributed by atoms with E-state index in [0.29, 0.717) is 0 Å². The van der Waals surface area contributed by atoms with Gasteiger partial charge in [-0.3, -0.25) is 4.79 Å². The van der Waals surface area contributed by atoms with E-state index in [9.17, 15) is 4.79 Å². The summed E-state index contributed by atoms with van der Waals surface area (Å²) in [5.74, 6) is 0.758. The average molecular weight is 311 g/mol. The number of carbonyl (C=O) groups excluding carboxylic acids is 1. The second-order valence-electron chi connectivity index (χ2n) is 5.83. The number of benzene rings is 1. The van der Waals surface area contributed by atoms with Crippen LogP contribution in [-0.2, 0) is 11.3 Å². The zero-order chi connectivity index (χ0) is 15.8. The van der Waals surface area contributed by atoms with Gasteiger partial charge in [0.1, 0.15) is 17.6 Å². The maximum Gasteiger partial charge on any atom is 0.246 e. The van der Waals surface area contributed by atoms with Crippen molar-refractivity contribution in [3.05, 3.63) is 41.8 Å². The summed E-state index contributed by atoms with van der Waals surface area (Å²) >= 11 is 0. The first-order valence-electron chi connectivity index (χ1n) is 7.73. The van der Waals surface area contributed by atoms with Crippen molar-refractivity contribution >= 4 is 16.9 Å². The molecule has 1 aromatic carbocycles. The monoisotopic (exact) mass is 311 g/mol. The molecule has 7 nitrogen and oxygen atoms in total. The number of hydrogen-bond donors (Lipinski definition) is 0. The number of carbonyl (C=O) groups is 1. The third-order valence-electron chi connectivity index (χ3n) is 4.15. The largest absolute Gasteiger partial charge is 0.359 e. The van der Waals surface area contributed by atoms with Crippen LogP contribution >= 0.6 is 0 Å². The van der Waals surface area contributed by atoms with Gasteiger partial charge >= 0.3 is 0 Å². The lowest BCUT2D eigenvalue weighted by Crippen LogP contribution is -2.33. The molecule has 3 heterocycles. The van der Waals surface area contributed by atoms with Crippen LogP contribution in [0.1, 0.15) is 30.3 Å². The lowest BCUT2D eigenvalue weighted by molar-refractivity contribution is -0.133. The van der Waals surface area contributed by atoms with E-state index in [1.807, 2.05) is 42.2 Å². The van der Waals surface area contributed by atoms with Crippen LogP contribution < -0.4 is 0 Å². The number of amides is 1. The zero-order valence-corrected chi connectivity index (χ0v) is 12.8. The highest BCUT2D eigenvalue weighted by Crippen LogP contribution is 2.32. The fraction of sp³-hybridized carbons (Fsp3) is 0.375. The lowest BCUT2D eigenvalue weighted by Gasteiger charge is -2.22. The van der Waals surface area contributed by atoms with Gasteiger partial charge in [-0.15, -0.1) is 0 Å². The van der Waals surface area contributed by atoms with Crippen LogP contribution in [0.2, 0.25) is 0 Å². The predicted molar refractivity (Wildman–Crippen MR) is 82.5 cm³/mol. The Morgan fingerprint density at radius 3 is 2.70 bits per heavy atom. The minimum Gasteiger partial charge on any atom is -0.359 e. The highest BCUT2D eigenvalue weighted by Gasteiger charge is 2.32. The number of rotatable bonds is 3. The second kappa shape index (κ2) is 5.49. The first-order valence-corrected chi connectivity index (χ1v) is 7.73. The van der Waals surface area contributed by atoms with Gasteiger partial charge in [0.05, 0.1) is 11.7 Å². The summed E-state index contributed by atoms with van der Waals surface area (Å²) in [7, 11) is 0. The number of aromatic nitrogens is 4. The van der Waals surface area contributed by atoms with Crippen molar-refractivity contribution in [2.75, 3.05) is 6.54 Å². The van der Waals surface area contributed by atoms with Crippen LogP contribution in [0.3, 0.4) is 0 Å². The quantitative estimate of drug-likeness (QED) is 0.740. The molecule has 3 aromatic rings. The molecule has 1 aliphatic rings. The van der Waals surface area contributed by atoms with Crippen molar-refractivity contribution in [3.8, 4) is 0 Å². The summed E-state index contributed by atoms with van der Waals surface area (Å²) < 4.78 is 5.34. The van der Waals surface area contributed by atoms with Gasteiger partial charge in [0.25, 0.3) is 0 Å². The molecule has 1 atom stereocenters. The Hall–Kier alpha value is -2.70. The van der Waals surface area contributed by atoms with Crippen molar-refractivity contribution in [1.82, 2.24) is 25.1 Å². The Labute approximate surface area is 132 Å². The molecule has 0 bridgehead atoms. The number of hydrogen-bond acceptors (Lipinski definition) is 5. The van der Waals surface area contributed by atoms with Gasteiger partial charge in [-0.25, -0.2) is 0 Å². The number of aryl methyl sites for hydroxylation is 1. The van der Waals surface area contributed by atoms with Crippen LogP contribution in [0.15, 0.2) is 34.9 Å². The molecular weight excluding hydrogens is 294 g/mol. The van der Waals surface area contributed by atoms with Crippen LogP contribution in [0.5, 0.6) is 0 Å². The average Bonchev–Trinajstić information content (AvgIpc) is 3.24. The van der Waals surface area contributed by atoms with E-state index >= 15 is 0 Å². The minimum absolute atomic E-state index is 0.00172. The molecule has 0 saturated carbocycles. The van der Waals surface area contributed by atoms with E-state index in [2.05, 4.69) is 15.4 Å². The Morgan fingerprint density at radius 2 is 2.04 bits per heavy atom. The normalized spacial score (nSPS) is 18.0. The highest BCUT2D eigenvalue weighted by molar-refractivity contribution is 5.77. The maximum atomic E-state index is 12.6. The lowest BCUT2D eigenvalue weighted by atomic mass is 10.1. The Bertz CT molecular complexity index is 820. The number of nitrogens with zero attached hydrogens (tertiary/aromatic N) is 5. The smallest absolute Gasteiger partial charge is 0.246 e. The third kappa shape index (κ3) is 2.58. The van der Waals surface area contributed by atoms with E-state index in [4.69, 9.17) is 4.52 Å². The standard InChI is InChI=1S/C16H17N5O2/c1-11-9-15(23-19-11)14-7-4-8-20(14)16(22)10-21-17-12-5-2-3-6-13(12)18-21/h2-3,5-6,9,14H,4,7-8,10H2,1H3. The topological polar surface area (TPSA) is 77.0 Å². The summed E-state index contributed by atoms with van der Waals surface area (Å²) in [6.45, 7) is 2.75. The molecule has 0 radical (unpaired) electrons. The van der Waals surface area contributed by atoms with E-state index in [1.165, 1.54) is 4.80 Å². The summed E-state index contributed by atoms with van der Waals surface area (Å²) in [5, 5.41) is 12.6. The zero-order valence-electron chi connectivity index (χ0n) is 12.8. The molecule has 2 aromatic heterocycles. The molecule has 1 saturated heterocycles. The van der Waals surface area contributed by atoms with Crippen molar-refractivity contribution in [1.29, 1.82) is 0 Å². The molecule has 23 heavy (non-hydrogen) atoms. The highest BCUT2D eigenvalue weighted by atomic mass is 16.5. The van der Waals surface area contributed by atoms with Gasteiger partial charge in [0.15, 0.2) is 5.76 Å². The summed E-state index contributed by atoms with van der Waals surface area (Å²) in [6.07, 6.45) is 1.86. The molecule has 7 heteroatoms. The van der Waals surface area contributed by atoms with E-state index < -0.39 is 0 Å². The van der Waals surface area contributed by atoms with Gasteiger partial charge in [-0.05, 0) is 31.9 Å². The second-order valence-corrected chi connectivity index (χ2v) is 5.83. The molecule has 1 amide bonds. The summed E-state index contributed by atoms with van der Waals surface area (Å²) in [4.78, 5) is 16.0. The molecule has 1 aliphatic heterocycles. The summed E-state index contributed by atoms with van der Waals surface area (Å²) in [6, 6.07) is 9.46. The molecule has 4 rings (SSSR count). The van der Waals surface area contributed by atoms with Crippen molar-refractivity contribution in [2.24, 2.45) is 0 Å². The van der Waals surface area contributed by atoms with Crippen LogP contribution in [0.25, 0.3) is 11.0 Å². The number of likely N-dealkylation sites (tertiary alicyclic amines) is 1. The molecule has 1 fully saturated rings. The Balaban J connectivity index is 1.53. The van der Waals surface area contributed by atoms with Gasteiger partial charge < -0.3 is 9.42 Å². The molecule has 0 aliphatic carbocycles. The molecule has 1 unspecified atom stereocenters. The van der Waals surface area contributed by atoms with E-state index in [-0.39, 0.29) is 18.5 Å². The fourth-order valence-electron chi connectivity index (χ4n) is 3.09.